The Balaban J connectivity index is 2.19. The molecule has 2 heterocycles. The Bertz CT molecular complexity index is 840. The molecule has 0 aliphatic rings. The summed E-state index contributed by atoms with van der Waals surface area (Å²) in [6.07, 6.45) is 6.08. The molecule has 0 aromatic carbocycles. The predicted octanol–water partition coefficient (Wildman–Crippen LogP) is 2.06. The van der Waals surface area contributed by atoms with Gasteiger partial charge in [-0.25, -0.2) is 13.4 Å². The van der Waals surface area contributed by atoms with E-state index in [0.29, 0.717) is 10.6 Å². The van der Waals surface area contributed by atoms with Crippen molar-refractivity contribution < 1.29 is 13.5 Å². The van der Waals surface area contributed by atoms with Gasteiger partial charge in [-0.15, -0.1) is 11.3 Å². The number of aliphatic hydroxyl groups is 1. The molecule has 1 unspecified atom stereocenters. The van der Waals surface area contributed by atoms with Crippen LogP contribution in [0.1, 0.15) is 22.7 Å². The summed E-state index contributed by atoms with van der Waals surface area (Å²) >= 11 is 0.971. The molecule has 8 heteroatoms. The topological polar surface area (TPSA) is 106 Å². The van der Waals surface area contributed by atoms with Gasteiger partial charge in [0.05, 0.1) is 6.20 Å². The molecule has 0 saturated carbocycles. The van der Waals surface area contributed by atoms with Gasteiger partial charge in [0.25, 0.3) is 0 Å². The lowest BCUT2D eigenvalue weighted by Gasteiger charge is -2.09. The van der Waals surface area contributed by atoms with E-state index in [0.717, 1.165) is 22.6 Å². The van der Waals surface area contributed by atoms with Crippen LogP contribution in [-0.4, -0.2) is 28.9 Å². The third-order valence-corrected chi connectivity index (χ3v) is 6.69. The van der Waals surface area contributed by atoms with Gasteiger partial charge in [0.15, 0.2) is 5.44 Å². The molecule has 1 atom stereocenters. The largest absolute Gasteiger partial charge is 0.376 e. The number of sulfone groups is 1. The van der Waals surface area contributed by atoms with Gasteiger partial charge in [-0.2, -0.15) is 0 Å². The second-order valence-corrected chi connectivity index (χ2v) is 8.51. The number of hydrogen-bond acceptors (Lipinski definition) is 7. The van der Waals surface area contributed by atoms with Crippen molar-refractivity contribution >= 4 is 26.7 Å². The molecule has 0 aliphatic carbocycles. The van der Waals surface area contributed by atoms with E-state index in [-0.39, 0.29) is 17.2 Å². The SMILES string of the molecule is C=C/C(=C\CC(O)S(=O)(=O)c1cnc(CN)s1)c1ccc(C)nc1. The number of thiazole rings is 1. The Hall–Kier alpha value is -1.87. The summed E-state index contributed by atoms with van der Waals surface area (Å²) in [6.45, 7) is 5.76. The third-order valence-electron chi connectivity index (χ3n) is 3.35. The van der Waals surface area contributed by atoms with Crippen molar-refractivity contribution in [1.29, 1.82) is 0 Å². The van der Waals surface area contributed by atoms with E-state index in [1.165, 1.54) is 6.20 Å². The maximum atomic E-state index is 12.4. The van der Waals surface area contributed by atoms with Crippen molar-refractivity contribution in [2.45, 2.75) is 29.5 Å². The van der Waals surface area contributed by atoms with Crippen LogP contribution < -0.4 is 5.73 Å². The van der Waals surface area contributed by atoms with Crippen molar-refractivity contribution in [3.8, 4) is 0 Å². The number of rotatable bonds is 7. The maximum Gasteiger partial charge on any atom is 0.216 e. The molecule has 128 valence electrons. The molecule has 2 aromatic rings. The van der Waals surface area contributed by atoms with Crippen molar-refractivity contribution in [3.63, 3.8) is 0 Å². The molecule has 24 heavy (non-hydrogen) atoms. The fourth-order valence-electron chi connectivity index (χ4n) is 1.97. The first-order chi connectivity index (χ1) is 11.4. The molecule has 0 aliphatic heterocycles. The number of pyridine rings is 1. The van der Waals surface area contributed by atoms with E-state index in [1.807, 2.05) is 19.1 Å². The summed E-state index contributed by atoms with van der Waals surface area (Å²) in [7, 11) is -3.86. The van der Waals surface area contributed by atoms with E-state index in [1.54, 1.807) is 18.3 Å². The molecule has 0 saturated heterocycles. The van der Waals surface area contributed by atoms with Crippen molar-refractivity contribution in [2.24, 2.45) is 5.73 Å². The molecule has 0 fully saturated rings. The Labute approximate surface area is 145 Å². The van der Waals surface area contributed by atoms with Gasteiger partial charge >= 0.3 is 0 Å². The van der Waals surface area contributed by atoms with Crippen LogP contribution >= 0.6 is 11.3 Å². The summed E-state index contributed by atoms with van der Waals surface area (Å²) < 4.78 is 24.7. The van der Waals surface area contributed by atoms with Crippen LogP contribution in [0.3, 0.4) is 0 Å². The zero-order chi connectivity index (χ0) is 17.7. The van der Waals surface area contributed by atoms with E-state index in [9.17, 15) is 13.5 Å². The number of aromatic nitrogens is 2. The fourth-order valence-corrected chi connectivity index (χ4v) is 4.40. The maximum absolute atomic E-state index is 12.4. The molecule has 0 radical (unpaired) electrons. The van der Waals surface area contributed by atoms with Gasteiger partial charge in [0.1, 0.15) is 9.22 Å². The highest BCUT2D eigenvalue weighted by molar-refractivity contribution is 7.93. The fraction of sp³-hybridized carbons (Fsp3) is 0.250. The van der Waals surface area contributed by atoms with Crippen molar-refractivity contribution in [2.75, 3.05) is 0 Å². The number of aliphatic hydroxyl groups excluding tert-OH is 1. The Morgan fingerprint density at radius 2 is 2.17 bits per heavy atom. The second-order valence-electron chi connectivity index (χ2n) is 5.06. The predicted molar refractivity (Wildman–Crippen MR) is 95.0 cm³/mol. The summed E-state index contributed by atoms with van der Waals surface area (Å²) in [4.78, 5) is 8.11. The summed E-state index contributed by atoms with van der Waals surface area (Å²) in [6, 6.07) is 3.72. The number of nitrogens with two attached hydrogens (primary N) is 1. The molecule has 3 N–H and O–H groups in total. The Morgan fingerprint density at radius 1 is 1.42 bits per heavy atom. The van der Waals surface area contributed by atoms with Crippen molar-refractivity contribution in [1.82, 2.24) is 9.97 Å². The van der Waals surface area contributed by atoms with Crippen LogP contribution in [0.25, 0.3) is 5.57 Å². The quantitative estimate of drug-likeness (QED) is 0.728. The van der Waals surface area contributed by atoms with Gasteiger partial charge < -0.3 is 10.8 Å². The first kappa shape index (κ1) is 18.5. The first-order valence-electron chi connectivity index (χ1n) is 7.21. The minimum atomic E-state index is -3.86. The summed E-state index contributed by atoms with van der Waals surface area (Å²) in [5.41, 5.74) is 6.28. The first-order valence-corrected chi connectivity index (χ1v) is 9.57. The Morgan fingerprint density at radius 3 is 2.71 bits per heavy atom. The van der Waals surface area contributed by atoms with Crippen LogP contribution in [0.5, 0.6) is 0 Å². The minimum Gasteiger partial charge on any atom is -0.376 e. The standard InChI is InChI=1S/C16H19N3O3S2/c1-3-12(13-5-4-11(2)18-9-13)6-7-15(20)24(21,22)16-10-19-14(8-17)23-16/h3-6,9-10,15,20H,1,7-8,17H2,2H3/b12-6+. The zero-order valence-electron chi connectivity index (χ0n) is 13.2. The highest BCUT2D eigenvalue weighted by atomic mass is 32.2. The van der Waals surface area contributed by atoms with Crippen LogP contribution in [-0.2, 0) is 16.4 Å². The lowest BCUT2D eigenvalue weighted by atomic mass is 10.1. The molecule has 0 amide bonds. The third kappa shape index (κ3) is 4.15. The number of nitrogens with zero attached hydrogens (tertiary/aromatic N) is 2. The van der Waals surface area contributed by atoms with Gasteiger partial charge in [0, 0.05) is 24.9 Å². The number of hydrogen-bond donors (Lipinski definition) is 2. The second kappa shape index (κ2) is 7.80. The minimum absolute atomic E-state index is 0.0148. The smallest absolute Gasteiger partial charge is 0.216 e. The van der Waals surface area contributed by atoms with E-state index >= 15 is 0 Å². The molecule has 0 spiro atoms. The average molecular weight is 365 g/mol. The zero-order valence-corrected chi connectivity index (χ0v) is 14.8. The highest BCUT2D eigenvalue weighted by Crippen LogP contribution is 2.25. The number of allylic oxidation sites excluding steroid dienone is 2. The van der Waals surface area contributed by atoms with Gasteiger partial charge in [-0.3, -0.25) is 4.98 Å². The van der Waals surface area contributed by atoms with E-state index in [4.69, 9.17) is 5.73 Å². The van der Waals surface area contributed by atoms with E-state index < -0.39 is 15.3 Å². The average Bonchev–Trinajstić information content (AvgIpc) is 3.06. The van der Waals surface area contributed by atoms with Crippen LogP contribution in [0, 0.1) is 6.92 Å². The normalized spacial score (nSPS) is 13.7. The number of aryl methyl sites for hydroxylation is 1. The Kier molecular flexibility index (Phi) is 6.00. The molecule has 0 bridgehead atoms. The monoisotopic (exact) mass is 365 g/mol. The molecule has 2 rings (SSSR count). The molecule has 6 nitrogen and oxygen atoms in total. The molecular formula is C16H19N3O3S2. The van der Waals surface area contributed by atoms with Gasteiger partial charge in [0.2, 0.25) is 9.84 Å². The van der Waals surface area contributed by atoms with Crippen LogP contribution in [0.4, 0.5) is 0 Å². The van der Waals surface area contributed by atoms with Crippen molar-refractivity contribution in [3.05, 3.63) is 59.5 Å². The van der Waals surface area contributed by atoms with Gasteiger partial charge in [-0.1, -0.05) is 24.8 Å². The molecular weight excluding hydrogens is 346 g/mol. The molecule has 2 aromatic heterocycles. The summed E-state index contributed by atoms with van der Waals surface area (Å²) in [5, 5.41) is 10.6. The van der Waals surface area contributed by atoms with Crippen LogP contribution in [0.2, 0.25) is 0 Å². The lowest BCUT2D eigenvalue weighted by Crippen LogP contribution is -2.19. The van der Waals surface area contributed by atoms with E-state index in [2.05, 4.69) is 16.5 Å². The summed E-state index contributed by atoms with van der Waals surface area (Å²) in [5.74, 6) is 0. The highest BCUT2D eigenvalue weighted by Gasteiger charge is 2.26. The van der Waals surface area contributed by atoms with Crippen LogP contribution in [0.15, 0.2) is 47.5 Å². The lowest BCUT2D eigenvalue weighted by molar-refractivity contribution is 0.252. The van der Waals surface area contributed by atoms with Gasteiger partial charge in [-0.05, 0) is 24.1 Å².